The molecule has 0 bridgehead atoms. The fraction of sp³-hybridized carbons (Fsp3) is 0.111. The first-order valence-corrected chi connectivity index (χ1v) is 4.60. The highest BCUT2D eigenvalue weighted by Gasteiger charge is 2.06. The molecule has 0 radical (unpaired) electrons. The number of phenols is 1. The van der Waals surface area contributed by atoms with Gasteiger partial charge in [-0.2, -0.15) is 0 Å². The van der Waals surface area contributed by atoms with Crippen LogP contribution in [0.1, 0.15) is 5.56 Å². The van der Waals surface area contributed by atoms with Gasteiger partial charge < -0.3 is 10.4 Å². The Hall–Kier alpha value is -0.710. The number of phenolic OH excluding ortho intramolecular Hbond substituents is 1. The van der Waals surface area contributed by atoms with Crippen LogP contribution in [0.2, 0.25) is 0 Å². The average Bonchev–Trinajstić information content (AvgIpc) is 2.09. The molecule has 3 heteroatoms. The van der Waals surface area contributed by atoms with E-state index >= 15 is 0 Å². The SMILES string of the molecule is C=Cc1c(NC)ccc(I)c1O. The molecule has 64 valence electrons. The zero-order valence-electron chi connectivity index (χ0n) is 6.76. The normalized spacial score (nSPS) is 9.50. The summed E-state index contributed by atoms with van der Waals surface area (Å²) in [5, 5.41) is 12.6. The van der Waals surface area contributed by atoms with E-state index in [1.165, 1.54) is 0 Å². The van der Waals surface area contributed by atoms with Crippen molar-refractivity contribution in [1.82, 2.24) is 0 Å². The van der Waals surface area contributed by atoms with E-state index in [-0.39, 0.29) is 5.75 Å². The van der Waals surface area contributed by atoms with Crippen LogP contribution in [0.5, 0.6) is 5.75 Å². The van der Waals surface area contributed by atoms with Crippen molar-refractivity contribution >= 4 is 34.4 Å². The predicted molar refractivity (Wildman–Crippen MR) is 60.5 cm³/mol. The smallest absolute Gasteiger partial charge is 0.138 e. The Morgan fingerprint density at radius 3 is 2.75 bits per heavy atom. The van der Waals surface area contributed by atoms with Crippen molar-refractivity contribution in [3.05, 3.63) is 27.8 Å². The van der Waals surface area contributed by atoms with Gasteiger partial charge in [-0.05, 0) is 34.7 Å². The van der Waals surface area contributed by atoms with Crippen molar-refractivity contribution < 1.29 is 5.11 Å². The van der Waals surface area contributed by atoms with Crippen LogP contribution in [-0.2, 0) is 0 Å². The van der Waals surface area contributed by atoms with Gasteiger partial charge in [0.05, 0.1) is 3.57 Å². The molecule has 0 aliphatic heterocycles. The molecule has 2 N–H and O–H groups in total. The van der Waals surface area contributed by atoms with E-state index in [2.05, 4.69) is 34.5 Å². The van der Waals surface area contributed by atoms with Crippen molar-refractivity contribution in [3.63, 3.8) is 0 Å². The number of rotatable bonds is 2. The third-order valence-electron chi connectivity index (χ3n) is 1.64. The highest BCUT2D eigenvalue weighted by Crippen LogP contribution is 2.30. The topological polar surface area (TPSA) is 32.3 Å². The van der Waals surface area contributed by atoms with Crippen LogP contribution >= 0.6 is 22.6 Å². The van der Waals surface area contributed by atoms with Gasteiger partial charge in [0, 0.05) is 18.3 Å². The van der Waals surface area contributed by atoms with Gasteiger partial charge in [-0.25, -0.2) is 0 Å². The van der Waals surface area contributed by atoms with Crippen LogP contribution in [-0.4, -0.2) is 12.2 Å². The Balaban J connectivity index is 3.35. The second kappa shape index (κ2) is 3.80. The fourth-order valence-corrected chi connectivity index (χ4v) is 1.48. The summed E-state index contributed by atoms with van der Waals surface area (Å²) in [6.07, 6.45) is 1.64. The highest BCUT2D eigenvalue weighted by molar-refractivity contribution is 14.1. The quantitative estimate of drug-likeness (QED) is 0.813. The Labute approximate surface area is 85.4 Å². The molecule has 0 amide bonds. The minimum atomic E-state index is 0.289. The monoisotopic (exact) mass is 275 g/mol. The third kappa shape index (κ3) is 1.55. The van der Waals surface area contributed by atoms with E-state index in [1.54, 1.807) is 6.08 Å². The number of hydrogen-bond acceptors (Lipinski definition) is 2. The molecule has 0 aliphatic carbocycles. The molecule has 0 saturated carbocycles. The molecule has 0 aromatic heterocycles. The molecule has 1 aromatic rings. The van der Waals surface area contributed by atoms with Gasteiger partial charge in [0.15, 0.2) is 0 Å². The van der Waals surface area contributed by atoms with Crippen LogP contribution in [0, 0.1) is 3.57 Å². The lowest BCUT2D eigenvalue weighted by Gasteiger charge is -2.08. The Morgan fingerprint density at radius 2 is 2.25 bits per heavy atom. The number of anilines is 1. The van der Waals surface area contributed by atoms with Crippen molar-refractivity contribution in [2.45, 2.75) is 0 Å². The van der Waals surface area contributed by atoms with E-state index in [0.717, 1.165) is 14.8 Å². The van der Waals surface area contributed by atoms with Gasteiger partial charge in [-0.1, -0.05) is 12.7 Å². The lowest BCUT2D eigenvalue weighted by molar-refractivity contribution is 0.470. The molecular weight excluding hydrogens is 265 g/mol. The predicted octanol–water partition coefficient (Wildman–Crippen LogP) is 2.68. The van der Waals surface area contributed by atoms with Gasteiger partial charge >= 0.3 is 0 Å². The second-order valence-corrected chi connectivity index (χ2v) is 3.47. The van der Waals surface area contributed by atoms with Crippen molar-refractivity contribution in [2.75, 3.05) is 12.4 Å². The van der Waals surface area contributed by atoms with Gasteiger partial charge in [0.2, 0.25) is 0 Å². The summed E-state index contributed by atoms with van der Waals surface area (Å²) < 4.78 is 0.835. The minimum Gasteiger partial charge on any atom is -0.506 e. The molecule has 12 heavy (non-hydrogen) atoms. The lowest BCUT2D eigenvalue weighted by Crippen LogP contribution is -1.92. The van der Waals surface area contributed by atoms with Gasteiger partial charge in [0.1, 0.15) is 5.75 Å². The number of aromatic hydroxyl groups is 1. The summed E-state index contributed by atoms with van der Waals surface area (Å²) in [6.45, 7) is 3.64. The largest absolute Gasteiger partial charge is 0.506 e. The van der Waals surface area contributed by atoms with Crippen molar-refractivity contribution in [2.24, 2.45) is 0 Å². The third-order valence-corrected chi connectivity index (χ3v) is 2.51. The fourth-order valence-electron chi connectivity index (χ4n) is 1.01. The Morgan fingerprint density at radius 1 is 1.58 bits per heavy atom. The number of hydrogen-bond donors (Lipinski definition) is 2. The maximum Gasteiger partial charge on any atom is 0.138 e. The molecule has 2 nitrogen and oxygen atoms in total. The van der Waals surface area contributed by atoms with E-state index in [1.807, 2.05) is 19.2 Å². The van der Waals surface area contributed by atoms with Gasteiger partial charge in [-0.15, -0.1) is 0 Å². The Kier molecular flexibility index (Phi) is 2.97. The van der Waals surface area contributed by atoms with E-state index < -0.39 is 0 Å². The first-order chi connectivity index (χ1) is 5.70. The molecule has 0 unspecified atom stereocenters. The summed E-state index contributed by atoms with van der Waals surface area (Å²) in [5.41, 5.74) is 1.65. The summed E-state index contributed by atoms with van der Waals surface area (Å²) in [5.74, 6) is 0.289. The molecule has 0 fully saturated rings. The van der Waals surface area contributed by atoms with Crippen LogP contribution in [0.25, 0.3) is 6.08 Å². The van der Waals surface area contributed by atoms with Crippen LogP contribution < -0.4 is 5.32 Å². The molecule has 0 aliphatic rings. The van der Waals surface area contributed by atoms with Gasteiger partial charge in [-0.3, -0.25) is 0 Å². The average molecular weight is 275 g/mol. The summed E-state index contributed by atoms with van der Waals surface area (Å²) >= 11 is 2.08. The van der Waals surface area contributed by atoms with E-state index in [4.69, 9.17) is 0 Å². The maximum atomic E-state index is 9.59. The molecule has 0 atom stereocenters. The highest BCUT2D eigenvalue weighted by atomic mass is 127. The number of nitrogens with one attached hydrogen (secondary N) is 1. The summed E-state index contributed by atoms with van der Waals surface area (Å²) in [6, 6.07) is 3.77. The Bertz CT molecular complexity index is 310. The van der Waals surface area contributed by atoms with E-state index in [9.17, 15) is 5.11 Å². The van der Waals surface area contributed by atoms with Crippen LogP contribution in [0.4, 0.5) is 5.69 Å². The molecule has 0 spiro atoms. The molecule has 0 heterocycles. The second-order valence-electron chi connectivity index (χ2n) is 2.31. The number of benzene rings is 1. The summed E-state index contributed by atoms with van der Waals surface area (Å²) in [4.78, 5) is 0. The zero-order valence-corrected chi connectivity index (χ0v) is 8.92. The van der Waals surface area contributed by atoms with Crippen molar-refractivity contribution in [1.29, 1.82) is 0 Å². The van der Waals surface area contributed by atoms with Gasteiger partial charge in [0.25, 0.3) is 0 Å². The molecule has 1 rings (SSSR count). The molecule has 0 saturated heterocycles. The first-order valence-electron chi connectivity index (χ1n) is 3.52. The van der Waals surface area contributed by atoms with Crippen LogP contribution in [0.15, 0.2) is 18.7 Å². The van der Waals surface area contributed by atoms with Crippen molar-refractivity contribution in [3.8, 4) is 5.75 Å². The number of halogens is 1. The standard InChI is InChI=1S/C9H10INO/c1-3-6-8(11-2)5-4-7(10)9(6)12/h3-5,11-12H,1H2,2H3. The first kappa shape index (κ1) is 9.38. The lowest BCUT2D eigenvalue weighted by atomic mass is 10.1. The summed E-state index contributed by atoms with van der Waals surface area (Å²) in [7, 11) is 1.81. The zero-order chi connectivity index (χ0) is 9.14. The van der Waals surface area contributed by atoms with Crippen LogP contribution in [0.3, 0.4) is 0 Å². The minimum absolute atomic E-state index is 0.289. The maximum absolute atomic E-state index is 9.59. The van der Waals surface area contributed by atoms with E-state index in [0.29, 0.717) is 0 Å². The molecule has 1 aromatic carbocycles. The molecular formula is C9H10INO.